The highest BCUT2D eigenvalue weighted by molar-refractivity contribution is 6.31. The second kappa shape index (κ2) is 8.78. The van der Waals surface area contributed by atoms with Crippen LogP contribution in [0.3, 0.4) is 0 Å². The number of aryl methyl sites for hydroxylation is 1. The molecule has 0 unspecified atom stereocenters. The number of hydrazone groups is 1. The smallest absolute Gasteiger partial charge is 0.294 e. The van der Waals surface area contributed by atoms with Gasteiger partial charge >= 0.3 is 0 Å². The molecule has 0 aliphatic heterocycles. The summed E-state index contributed by atoms with van der Waals surface area (Å²) in [5.74, 6) is 0.459. The monoisotopic (exact) mass is 435 g/mol. The Morgan fingerprint density at radius 3 is 2.61 bits per heavy atom. The van der Waals surface area contributed by atoms with Gasteiger partial charge in [0.05, 0.1) is 5.71 Å². The van der Waals surface area contributed by atoms with Gasteiger partial charge in [-0.1, -0.05) is 35.9 Å². The van der Waals surface area contributed by atoms with Gasteiger partial charge in [-0.2, -0.15) is 5.10 Å². The summed E-state index contributed by atoms with van der Waals surface area (Å²) in [6.45, 7) is 1.86. The minimum absolute atomic E-state index is 0.222. The van der Waals surface area contributed by atoms with E-state index in [2.05, 4.69) is 10.5 Å². The maximum atomic E-state index is 13.1. The average molecular weight is 436 g/mol. The van der Waals surface area contributed by atoms with Crippen LogP contribution in [0.25, 0.3) is 0 Å². The van der Waals surface area contributed by atoms with Crippen molar-refractivity contribution in [3.63, 3.8) is 0 Å². The number of nitrogens with one attached hydrogen (secondary N) is 1. The van der Waals surface area contributed by atoms with Gasteiger partial charge in [0, 0.05) is 40.9 Å². The van der Waals surface area contributed by atoms with Gasteiger partial charge in [-0.3, -0.25) is 9.59 Å². The van der Waals surface area contributed by atoms with Crippen molar-refractivity contribution in [2.75, 3.05) is 11.9 Å². The van der Waals surface area contributed by atoms with E-state index in [1.165, 1.54) is 0 Å². The third-order valence-electron chi connectivity index (χ3n) is 5.35. The normalized spacial score (nSPS) is 14.2. The molecule has 0 atom stereocenters. The average Bonchev–Trinajstić information content (AvgIpc) is 3.14. The zero-order chi connectivity index (χ0) is 22.0. The molecule has 1 aliphatic rings. The van der Waals surface area contributed by atoms with E-state index >= 15 is 0 Å². The summed E-state index contributed by atoms with van der Waals surface area (Å²) >= 11 is 5.96. The first-order valence-electron chi connectivity index (χ1n) is 10.0. The molecule has 0 fully saturated rings. The lowest BCUT2D eigenvalue weighted by atomic mass is 9.93. The lowest BCUT2D eigenvalue weighted by Gasteiger charge is -2.16. The van der Waals surface area contributed by atoms with E-state index in [-0.39, 0.29) is 11.8 Å². The zero-order valence-electron chi connectivity index (χ0n) is 17.3. The number of fused-ring (bicyclic) bond motifs is 1. The van der Waals surface area contributed by atoms with Crippen LogP contribution < -0.4 is 10.3 Å². The van der Waals surface area contributed by atoms with E-state index in [0.29, 0.717) is 28.5 Å². The number of amides is 2. The number of furan rings is 1. The van der Waals surface area contributed by atoms with Gasteiger partial charge in [0.25, 0.3) is 11.8 Å². The second-order valence-corrected chi connectivity index (χ2v) is 7.85. The van der Waals surface area contributed by atoms with E-state index in [9.17, 15) is 9.59 Å². The van der Waals surface area contributed by atoms with Gasteiger partial charge in [0.15, 0.2) is 5.76 Å². The number of rotatable bonds is 4. The van der Waals surface area contributed by atoms with Crippen molar-refractivity contribution in [3.05, 3.63) is 87.8 Å². The second-order valence-electron chi connectivity index (χ2n) is 7.42. The minimum atomic E-state index is -0.344. The molecule has 3 aromatic rings. The molecule has 1 N–H and O–H groups in total. The summed E-state index contributed by atoms with van der Waals surface area (Å²) in [4.78, 5) is 27.1. The van der Waals surface area contributed by atoms with Crippen LogP contribution in [-0.4, -0.2) is 24.6 Å². The summed E-state index contributed by atoms with van der Waals surface area (Å²) < 4.78 is 5.98. The molecule has 6 nitrogen and oxygen atoms in total. The summed E-state index contributed by atoms with van der Waals surface area (Å²) in [5.41, 5.74) is 6.06. The number of hydrogen-bond donors (Lipinski definition) is 1. The van der Waals surface area contributed by atoms with E-state index in [1.807, 2.05) is 37.3 Å². The van der Waals surface area contributed by atoms with Crippen LogP contribution in [0.4, 0.5) is 5.69 Å². The Kier molecular flexibility index (Phi) is 5.91. The van der Waals surface area contributed by atoms with Gasteiger partial charge in [0.1, 0.15) is 5.76 Å². The number of benzene rings is 2. The molecule has 4 rings (SSSR count). The Morgan fingerprint density at radius 1 is 1.10 bits per heavy atom. The Hall–Kier alpha value is -3.38. The van der Waals surface area contributed by atoms with Crippen LogP contribution in [0.1, 0.15) is 50.6 Å². The third kappa shape index (κ3) is 4.25. The van der Waals surface area contributed by atoms with Crippen LogP contribution in [-0.2, 0) is 6.42 Å². The Morgan fingerprint density at radius 2 is 1.87 bits per heavy atom. The molecule has 2 aromatic carbocycles. The van der Waals surface area contributed by atoms with Crippen molar-refractivity contribution in [3.8, 4) is 0 Å². The fourth-order valence-corrected chi connectivity index (χ4v) is 3.91. The van der Waals surface area contributed by atoms with Crippen LogP contribution in [0.15, 0.2) is 64.1 Å². The minimum Gasteiger partial charge on any atom is -0.455 e. The van der Waals surface area contributed by atoms with Gasteiger partial charge in [0.2, 0.25) is 0 Å². The molecule has 158 valence electrons. The SMILES string of the molecule is Cc1c(C(=O)N(C)c2ccccc2)oc2c1/C(=N/NC(=O)c1cccc(Cl)c1)CCC2. The number of carbonyl (C=O) groups is 2. The van der Waals surface area contributed by atoms with Gasteiger partial charge in [-0.15, -0.1) is 0 Å². The third-order valence-corrected chi connectivity index (χ3v) is 5.58. The standard InChI is InChI=1S/C24H22ClN3O3/c1-15-21-19(26-27-23(29)16-8-6-9-17(25)14-16)12-7-13-20(21)31-22(15)24(30)28(2)18-10-4-3-5-11-18/h3-6,8-11,14H,7,12-13H2,1-2H3,(H,27,29)/b26-19+. The molecule has 0 saturated carbocycles. The first kappa shape index (κ1) is 20.9. The van der Waals surface area contributed by atoms with Crippen molar-refractivity contribution in [2.24, 2.45) is 5.10 Å². The van der Waals surface area contributed by atoms with Crippen molar-refractivity contribution in [1.29, 1.82) is 0 Å². The molecule has 0 saturated heterocycles. The molecule has 1 aliphatic carbocycles. The predicted molar refractivity (Wildman–Crippen MR) is 121 cm³/mol. The Labute approximate surface area is 185 Å². The fraction of sp³-hybridized carbons (Fsp3) is 0.208. The molecule has 0 radical (unpaired) electrons. The highest BCUT2D eigenvalue weighted by atomic mass is 35.5. The highest BCUT2D eigenvalue weighted by Gasteiger charge is 2.29. The van der Waals surface area contributed by atoms with Crippen molar-refractivity contribution < 1.29 is 14.0 Å². The predicted octanol–water partition coefficient (Wildman–Crippen LogP) is 4.99. The number of nitrogens with zero attached hydrogens (tertiary/aromatic N) is 2. The lowest BCUT2D eigenvalue weighted by Crippen LogP contribution is -2.26. The lowest BCUT2D eigenvalue weighted by molar-refractivity contribution is 0.0951. The molecule has 0 spiro atoms. The number of hydrogen-bond acceptors (Lipinski definition) is 4. The Bertz CT molecular complexity index is 1170. The maximum absolute atomic E-state index is 13.1. The van der Waals surface area contributed by atoms with Crippen molar-refractivity contribution >= 4 is 34.8 Å². The van der Waals surface area contributed by atoms with Crippen LogP contribution >= 0.6 is 11.6 Å². The first-order chi connectivity index (χ1) is 15.0. The molecule has 2 amide bonds. The van der Waals surface area contributed by atoms with Crippen molar-refractivity contribution in [1.82, 2.24) is 5.43 Å². The van der Waals surface area contributed by atoms with Crippen LogP contribution in [0.5, 0.6) is 0 Å². The Balaban J connectivity index is 1.60. The van der Waals surface area contributed by atoms with Crippen LogP contribution in [0.2, 0.25) is 5.02 Å². The zero-order valence-corrected chi connectivity index (χ0v) is 18.1. The van der Waals surface area contributed by atoms with E-state index < -0.39 is 0 Å². The number of halogens is 1. The molecule has 31 heavy (non-hydrogen) atoms. The molecule has 1 heterocycles. The maximum Gasteiger partial charge on any atom is 0.294 e. The van der Waals surface area contributed by atoms with E-state index in [1.54, 1.807) is 36.2 Å². The quantitative estimate of drug-likeness (QED) is 0.586. The summed E-state index contributed by atoms with van der Waals surface area (Å²) in [7, 11) is 1.72. The van der Waals surface area contributed by atoms with Crippen molar-refractivity contribution in [2.45, 2.75) is 26.2 Å². The number of para-hydroxylation sites is 1. The molecular weight excluding hydrogens is 414 g/mol. The molecule has 1 aromatic heterocycles. The summed E-state index contributed by atoms with van der Waals surface area (Å²) in [6.07, 6.45) is 2.24. The molecule has 7 heteroatoms. The summed E-state index contributed by atoms with van der Waals surface area (Å²) in [6, 6.07) is 16.1. The van der Waals surface area contributed by atoms with Gasteiger partial charge < -0.3 is 9.32 Å². The summed E-state index contributed by atoms with van der Waals surface area (Å²) in [5, 5.41) is 4.84. The fourth-order valence-electron chi connectivity index (χ4n) is 3.72. The largest absolute Gasteiger partial charge is 0.455 e. The van der Waals surface area contributed by atoms with E-state index in [0.717, 1.165) is 35.4 Å². The van der Waals surface area contributed by atoms with E-state index in [4.69, 9.17) is 16.0 Å². The topological polar surface area (TPSA) is 74.9 Å². The number of anilines is 1. The number of carbonyl (C=O) groups excluding carboxylic acids is 2. The first-order valence-corrected chi connectivity index (χ1v) is 10.4. The highest BCUT2D eigenvalue weighted by Crippen LogP contribution is 2.31. The van der Waals surface area contributed by atoms with Gasteiger partial charge in [-0.25, -0.2) is 5.43 Å². The van der Waals surface area contributed by atoms with Crippen LogP contribution in [0, 0.1) is 6.92 Å². The molecule has 0 bridgehead atoms. The van der Waals surface area contributed by atoms with Gasteiger partial charge in [-0.05, 0) is 50.1 Å². The molecular formula is C24H22ClN3O3.